The Morgan fingerprint density at radius 1 is 1.15 bits per heavy atom. The van der Waals surface area contributed by atoms with Crippen molar-refractivity contribution in [3.8, 4) is 22.0 Å². The maximum atomic E-state index is 4.74. The topological polar surface area (TPSA) is 83.5 Å². The van der Waals surface area contributed by atoms with Crippen LogP contribution >= 0.6 is 11.3 Å². The summed E-state index contributed by atoms with van der Waals surface area (Å²) in [5, 5.41) is 9.48. The van der Waals surface area contributed by atoms with Gasteiger partial charge in [-0.1, -0.05) is 6.07 Å². The molecule has 0 atom stereocenters. The fourth-order valence-electron chi connectivity index (χ4n) is 3.37. The quantitative estimate of drug-likeness (QED) is 0.590. The van der Waals surface area contributed by atoms with Crippen LogP contribution in [-0.2, 0) is 19.5 Å². The van der Waals surface area contributed by atoms with E-state index in [1.807, 2.05) is 12.4 Å². The van der Waals surface area contributed by atoms with Crippen molar-refractivity contribution in [3.63, 3.8) is 0 Å². The number of thiophene rings is 1. The summed E-state index contributed by atoms with van der Waals surface area (Å²) in [7, 11) is 0. The first kappa shape index (κ1) is 16.2. The van der Waals surface area contributed by atoms with Gasteiger partial charge in [-0.3, -0.25) is 10.00 Å². The molecule has 0 unspecified atom stereocenters. The van der Waals surface area contributed by atoms with Gasteiger partial charge in [0.25, 0.3) is 0 Å². The summed E-state index contributed by atoms with van der Waals surface area (Å²) >= 11 is 1.72. The van der Waals surface area contributed by atoms with Crippen LogP contribution in [0.1, 0.15) is 16.8 Å². The smallest absolute Gasteiger partial charge is 0.162 e. The molecule has 0 radical (unpaired) electrons. The zero-order valence-corrected chi connectivity index (χ0v) is 15.4. The fourth-order valence-corrected chi connectivity index (χ4v) is 4.12. The molecule has 7 nitrogen and oxygen atoms in total. The molecular formula is C19H17N7S. The monoisotopic (exact) mass is 375 g/mol. The summed E-state index contributed by atoms with van der Waals surface area (Å²) in [4.78, 5) is 21.0. The minimum absolute atomic E-state index is 0.692. The van der Waals surface area contributed by atoms with Crippen LogP contribution in [0, 0.1) is 0 Å². The summed E-state index contributed by atoms with van der Waals surface area (Å²) in [6.07, 6.45) is 9.78. The highest BCUT2D eigenvalue weighted by atomic mass is 32.1. The van der Waals surface area contributed by atoms with Gasteiger partial charge in [0.1, 0.15) is 6.33 Å². The summed E-state index contributed by atoms with van der Waals surface area (Å²) in [6.45, 7) is 2.66. The molecule has 5 rings (SSSR count). The second-order valence-corrected chi connectivity index (χ2v) is 7.45. The molecule has 1 aliphatic heterocycles. The second-order valence-electron chi connectivity index (χ2n) is 6.50. The first-order chi connectivity index (χ1) is 13.4. The SMILES string of the molecule is c1csc(-c2[nH]ncc2CN2CCc3nc(-c4cncnc4)ncc3C2)c1. The molecule has 0 aromatic carbocycles. The number of hydrogen-bond acceptors (Lipinski definition) is 7. The van der Waals surface area contributed by atoms with E-state index in [0.29, 0.717) is 5.82 Å². The highest BCUT2D eigenvalue weighted by Gasteiger charge is 2.21. The molecule has 1 aliphatic rings. The van der Waals surface area contributed by atoms with Crippen molar-refractivity contribution in [1.29, 1.82) is 0 Å². The minimum Gasteiger partial charge on any atom is -0.294 e. The van der Waals surface area contributed by atoms with Crippen LogP contribution in [0.4, 0.5) is 0 Å². The van der Waals surface area contributed by atoms with Crippen LogP contribution in [0.2, 0.25) is 0 Å². The van der Waals surface area contributed by atoms with Crippen molar-refractivity contribution in [3.05, 3.63) is 65.4 Å². The molecule has 4 aromatic heterocycles. The van der Waals surface area contributed by atoms with Gasteiger partial charge in [-0.25, -0.2) is 19.9 Å². The highest BCUT2D eigenvalue weighted by Crippen LogP contribution is 2.28. The van der Waals surface area contributed by atoms with Gasteiger partial charge in [-0.2, -0.15) is 5.10 Å². The second kappa shape index (κ2) is 6.98. The van der Waals surface area contributed by atoms with Gasteiger partial charge in [-0.05, 0) is 11.4 Å². The lowest BCUT2D eigenvalue weighted by Gasteiger charge is -2.27. The molecule has 0 aliphatic carbocycles. The average molecular weight is 375 g/mol. The van der Waals surface area contributed by atoms with Gasteiger partial charge in [-0.15, -0.1) is 11.3 Å². The zero-order valence-electron chi connectivity index (χ0n) is 14.5. The number of rotatable bonds is 4. The van der Waals surface area contributed by atoms with E-state index in [9.17, 15) is 0 Å². The molecule has 0 bridgehead atoms. The van der Waals surface area contributed by atoms with Gasteiger partial charge in [0.2, 0.25) is 0 Å². The van der Waals surface area contributed by atoms with E-state index < -0.39 is 0 Å². The molecule has 5 heterocycles. The van der Waals surface area contributed by atoms with Crippen molar-refractivity contribution in [2.24, 2.45) is 0 Å². The van der Waals surface area contributed by atoms with Crippen molar-refractivity contribution in [2.75, 3.05) is 6.54 Å². The number of nitrogens with one attached hydrogen (secondary N) is 1. The van der Waals surface area contributed by atoms with Crippen molar-refractivity contribution < 1.29 is 0 Å². The van der Waals surface area contributed by atoms with Gasteiger partial charge in [0.05, 0.1) is 28.0 Å². The first-order valence-electron chi connectivity index (χ1n) is 8.75. The Hall–Kier alpha value is -2.97. The maximum absolute atomic E-state index is 4.74. The van der Waals surface area contributed by atoms with E-state index in [2.05, 4.69) is 47.6 Å². The minimum atomic E-state index is 0.692. The fraction of sp³-hybridized carbons (Fsp3) is 0.211. The average Bonchev–Trinajstić information content (AvgIpc) is 3.40. The van der Waals surface area contributed by atoms with E-state index in [0.717, 1.165) is 43.0 Å². The van der Waals surface area contributed by atoms with E-state index in [1.54, 1.807) is 23.7 Å². The Kier molecular flexibility index (Phi) is 4.19. The van der Waals surface area contributed by atoms with Gasteiger partial charge < -0.3 is 0 Å². The van der Waals surface area contributed by atoms with Crippen LogP contribution < -0.4 is 0 Å². The lowest BCUT2D eigenvalue weighted by molar-refractivity contribution is 0.243. The molecule has 0 amide bonds. The third kappa shape index (κ3) is 3.24. The molecule has 134 valence electrons. The van der Waals surface area contributed by atoms with Crippen molar-refractivity contribution >= 4 is 11.3 Å². The number of fused-ring (bicyclic) bond motifs is 1. The van der Waals surface area contributed by atoms with Crippen molar-refractivity contribution in [1.82, 2.24) is 35.0 Å². The molecule has 0 saturated heterocycles. The molecule has 8 heteroatoms. The molecule has 27 heavy (non-hydrogen) atoms. The summed E-state index contributed by atoms with van der Waals surface area (Å²) in [5.74, 6) is 0.692. The molecular weight excluding hydrogens is 358 g/mol. The number of nitrogens with zero attached hydrogens (tertiary/aromatic N) is 6. The van der Waals surface area contributed by atoms with Gasteiger partial charge in [0, 0.05) is 55.8 Å². The van der Waals surface area contributed by atoms with Crippen LogP contribution in [0.5, 0.6) is 0 Å². The van der Waals surface area contributed by atoms with Crippen LogP contribution in [0.15, 0.2) is 48.6 Å². The largest absolute Gasteiger partial charge is 0.294 e. The highest BCUT2D eigenvalue weighted by molar-refractivity contribution is 7.13. The Morgan fingerprint density at radius 2 is 2.07 bits per heavy atom. The number of H-pyrrole nitrogens is 1. The predicted octanol–water partition coefficient (Wildman–Crippen LogP) is 2.94. The number of aromatic nitrogens is 6. The Balaban J connectivity index is 1.34. The van der Waals surface area contributed by atoms with Crippen LogP contribution in [0.25, 0.3) is 22.0 Å². The van der Waals surface area contributed by atoms with E-state index in [4.69, 9.17) is 4.98 Å². The summed E-state index contributed by atoms with van der Waals surface area (Å²) in [6, 6.07) is 4.18. The molecule has 4 aromatic rings. The lowest BCUT2D eigenvalue weighted by Crippen LogP contribution is -2.31. The number of hydrogen-bond donors (Lipinski definition) is 1. The van der Waals surface area contributed by atoms with Crippen LogP contribution in [-0.4, -0.2) is 41.6 Å². The van der Waals surface area contributed by atoms with E-state index in [-0.39, 0.29) is 0 Å². The summed E-state index contributed by atoms with van der Waals surface area (Å²) < 4.78 is 0. The maximum Gasteiger partial charge on any atom is 0.162 e. The van der Waals surface area contributed by atoms with Crippen LogP contribution in [0.3, 0.4) is 0 Å². The Morgan fingerprint density at radius 3 is 2.93 bits per heavy atom. The Labute approximate surface area is 160 Å². The number of aromatic amines is 1. The first-order valence-corrected chi connectivity index (χ1v) is 9.63. The zero-order chi connectivity index (χ0) is 18.1. The van der Waals surface area contributed by atoms with Crippen molar-refractivity contribution in [2.45, 2.75) is 19.5 Å². The van der Waals surface area contributed by atoms with Gasteiger partial charge in [0.15, 0.2) is 5.82 Å². The molecule has 0 saturated carbocycles. The third-order valence-electron chi connectivity index (χ3n) is 4.71. The summed E-state index contributed by atoms with van der Waals surface area (Å²) in [5.41, 5.74) is 5.49. The van der Waals surface area contributed by atoms with Gasteiger partial charge >= 0.3 is 0 Å². The molecule has 0 fully saturated rings. The van der Waals surface area contributed by atoms with E-state index in [1.165, 1.54) is 22.3 Å². The standard InChI is InChI=1S/C19H17N7S/c1-2-17(27-5-1)18-15(9-23-25-18)11-26-4-3-16-14(10-26)8-22-19(24-16)13-6-20-12-21-7-13/h1-2,5-9,12H,3-4,10-11H2,(H,23,25). The predicted molar refractivity (Wildman–Crippen MR) is 103 cm³/mol. The third-order valence-corrected chi connectivity index (χ3v) is 5.60. The lowest BCUT2D eigenvalue weighted by atomic mass is 10.1. The molecule has 0 spiro atoms. The molecule has 1 N–H and O–H groups in total. The normalized spacial score (nSPS) is 14.2. The Bertz CT molecular complexity index is 1040. The van der Waals surface area contributed by atoms with E-state index >= 15 is 0 Å².